The second-order valence-corrected chi connectivity index (χ2v) is 3.35. The summed E-state index contributed by atoms with van der Waals surface area (Å²) in [4.78, 5) is 10.4. The molecule has 0 aliphatic rings. The first-order chi connectivity index (χ1) is 7.46. The van der Waals surface area contributed by atoms with Gasteiger partial charge >= 0.3 is 0 Å². The summed E-state index contributed by atoms with van der Waals surface area (Å²) in [6.07, 6.45) is 0. The molecule has 0 aromatic heterocycles. The van der Waals surface area contributed by atoms with Gasteiger partial charge in [-0.25, -0.2) is 0 Å². The Morgan fingerprint density at radius 1 is 1.38 bits per heavy atom. The van der Waals surface area contributed by atoms with E-state index in [2.05, 4.69) is 0 Å². The van der Waals surface area contributed by atoms with Gasteiger partial charge in [0.15, 0.2) is 5.79 Å². The molecule has 16 heavy (non-hydrogen) atoms. The van der Waals surface area contributed by atoms with Crippen LogP contribution in [0.4, 0.5) is 11.4 Å². The Labute approximate surface area is 93.1 Å². The zero-order chi connectivity index (χ0) is 12.3. The van der Waals surface area contributed by atoms with Crippen LogP contribution < -0.4 is 5.73 Å². The molecule has 88 valence electrons. The molecule has 0 saturated carbocycles. The maximum Gasteiger partial charge on any atom is 0.280 e. The fourth-order valence-electron chi connectivity index (χ4n) is 1.49. The van der Waals surface area contributed by atoms with Crippen molar-refractivity contribution in [3.8, 4) is 0 Å². The second kappa shape index (κ2) is 4.46. The third kappa shape index (κ3) is 1.98. The Morgan fingerprint density at radius 2 is 1.94 bits per heavy atom. The van der Waals surface area contributed by atoms with Crippen molar-refractivity contribution in [2.75, 3.05) is 20.0 Å². The molecular formula is C10H14N2O4. The number of hydrogen-bond donors (Lipinski definition) is 1. The quantitative estimate of drug-likeness (QED) is 0.365. The average molecular weight is 226 g/mol. The molecule has 0 spiro atoms. The minimum absolute atomic E-state index is 0.119. The van der Waals surface area contributed by atoms with E-state index >= 15 is 0 Å². The minimum Gasteiger partial charge on any atom is -0.398 e. The average Bonchev–Trinajstić information content (AvgIpc) is 2.27. The molecule has 0 aliphatic heterocycles. The maximum absolute atomic E-state index is 10.9. The molecule has 0 saturated heterocycles. The van der Waals surface area contributed by atoms with Crippen molar-refractivity contribution < 1.29 is 14.4 Å². The number of methoxy groups -OCH3 is 2. The highest BCUT2D eigenvalue weighted by Gasteiger charge is 2.35. The second-order valence-electron chi connectivity index (χ2n) is 3.35. The number of rotatable bonds is 4. The molecule has 1 rings (SSSR count). The Morgan fingerprint density at radius 3 is 2.38 bits per heavy atom. The molecule has 0 bridgehead atoms. The van der Waals surface area contributed by atoms with Crippen LogP contribution in [0.15, 0.2) is 18.2 Å². The third-order valence-electron chi connectivity index (χ3n) is 2.50. The number of anilines is 1. The van der Waals surface area contributed by atoms with Crippen molar-refractivity contribution in [3.05, 3.63) is 33.9 Å². The predicted octanol–water partition coefficient (Wildman–Crippen LogP) is 1.64. The van der Waals surface area contributed by atoms with E-state index in [-0.39, 0.29) is 16.9 Å². The molecular weight excluding hydrogens is 212 g/mol. The smallest absolute Gasteiger partial charge is 0.280 e. The largest absolute Gasteiger partial charge is 0.398 e. The zero-order valence-corrected chi connectivity index (χ0v) is 9.39. The van der Waals surface area contributed by atoms with Crippen LogP contribution in [-0.2, 0) is 15.3 Å². The summed E-state index contributed by atoms with van der Waals surface area (Å²) in [6, 6.07) is 4.45. The summed E-state index contributed by atoms with van der Waals surface area (Å²) in [6.45, 7) is 1.58. The Balaban J connectivity index is 3.46. The van der Waals surface area contributed by atoms with Crippen LogP contribution in [0, 0.1) is 10.1 Å². The highest BCUT2D eigenvalue weighted by molar-refractivity contribution is 5.59. The molecule has 0 unspecified atom stereocenters. The Kier molecular flexibility index (Phi) is 3.46. The van der Waals surface area contributed by atoms with E-state index in [9.17, 15) is 10.1 Å². The first-order valence-corrected chi connectivity index (χ1v) is 4.60. The fourth-order valence-corrected chi connectivity index (χ4v) is 1.49. The van der Waals surface area contributed by atoms with Crippen LogP contribution in [0.1, 0.15) is 12.5 Å². The minimum atomic E-state index is -1.23. The number of nitro groups is 1. The topological polar surface area (TPSA) is 87.6 Å². The van der Waals surface area contributed by atoms with Gasteiger partial charge in [-0.05, 0) is 13.0 Å². The van der Waals surface area contributed by atoms with Crippen molar-refractivity contribution in [2.24, 2.45) is 0 Å². The summed E-state index contributed by atoms with van der Waals surface area (Å²) < 4.78 is 10.3. The van der Waals surface area contributed by atoms with Crippen molar-refractivity contribution >= 4 is 11.4 Å². The summed E-state index contributed by atoms with van der Waals surface area (Å²) in [7, 11) is 2.80. The van der Waals surface area contributed by atoms with Crippen LogP contribution in [0.2, 0.25) is 0 Å². The molecule has 6 nitrogen and oxygen atoms in total. The molecule has 0 aliphatic carbocycles. The van der Waals surface area contributed by atoms with Gasteiger partial charge in [-0.2, -0.15) is 0 Å². The van der Waals surface area contributed by atoms with Gasteiger partial charge in [-0.15, -0.1) is 0 Å². The number of nitrogens with zero attached hydrogens (tertiary/aromatic N) is 1. The van der Waals surface area contributed by atoms with E-state index in [0.717, 1.165) is 0 Å². The van der Waals surface area contributed by atoms with Gasteiger partial charge in [0.05, 0.1) is 4.92 Å². The lowest BCUT2D eigenvalue weighted by molar-refractivity contribution is -0.388. The first-order valence-electron chi connectivity index (χ1n) is 4.60. The molecule has 0 amide bonds. The normalized spacial score (nSPS) is 11.4. The van der Waals surface area contributed by atoms with Crippen LogP contribution in [0.3, 0.4) is 0 Å². The third-order valence-corrected chi connectivity index (χ3v) is 2.50. The van der Waals surface area contributed by atoms with Gasteiger partial charge < -0.3 is 15.2 Å². The van der Waals surface area contributed by atoms with Crippen LogP contribution in [0.25, 0.3) is 0 Å². The molecule has 0 heterocycles. The molecule has 0 fully saturated rings. The van der Waals surface area contributed by atoms with Gasteiger partial charge in [0.1, 0.15) is 5.56 Å². The van der Waals surface area contributed by atoms with Gasteiger partial charge in [-0.3, -0.25) is 10.1 Å². The molecule has 1 aromatic carbocycles. The van der Waals surface area contributed by atoms with Crippen molar-refractivity contribution in [1.29, 1.82) is 0 Å². The van der Waals surface area contributed by atoms with E-state index in [0.29, 0.717) is 0 Å². The number of nitro benzene ring substituents is 1. The standard InChI is InChI=1S/C10H14N2O4/c1-10(15-2,16-3)9-7(11)5-4-6-8(9)12(13)14/h4-6H,11H2,1-3H3. The molecule has 2 N–H and O–H groups in total. The monoisotopic (exact) mass is 226 g/mol. The zero-order valence-electron chi connectivity index (χ0n) is 9.39. The SMILES string of the molecule is COC(C)(OC)c1c(N)cccc1[N+](=O)[O-]. The molecule has 6 heteroatoms. The van der Waals surface area contributed by atoms with Crippen LogP contribution in [-0.4, -0.2) is 19.1 Å². The molecule has 1 aromatic rings. The fraction of sp³-hybridized carbons (Fsp3) is 0.400. The van der Waals surface area contributed by atoms with Crippen molar-refractivity contribution in [2.45, 2.75) is 12.7 Å². The number of nitrogen functional groups attached to an aromatic ring is 1. The Hall–Kier alpha value is -1.66. The highest BCUT2D eigenvalue weighted by atomic mass is 16.7. The van der Waals surface area contributed by atoms with Gasteiger partial charge in [0, 0.05) is 26.0 Å². The van der Waals surface area contributed by atoms with E-state index in [1.54, 1.807) is 13.0 Å². The number of benzene rings is 1. The van der Waals surface area contributed by atoms with Crippen LogP contribution >= 0.6 is 0 Å². The number of ether oxygens (including phenoxy) is 2. The number of nitrogens with two attached hydrogens (primary N) is 1. The van der Waals surface area contributed by atoms with Gasteiger partial charge in [0.2, 0.25) is 0 Å². The van der Waals surface area contributed by atoms with E-state index in [1.807, 2.05) is 0 Å². The van der Waals surface area contributed by atoms with E-state index in [4.69, 9.17) is 15.2 Å². The lowest BCUT2D eigenvalue weighted by Gasteiger charge is -2.27. The highest BCUT2D eigenvalue weighted by Crippen LogP contribution is 2.36. The summed E-state index contributed by atoms with van der Waals surface area (Å²) in [5, 5.41) is 10.9. The number of hydrogen-bond acceptors (Lipinski definition) is 5. The van der Waals surface area contributed by atoms with Crippen molar-refractivity contribution in [1.82, 2.24) is 0 Å². The molecule has 0 atom stereocenters. The Bertz CT molecular complexity index is 402. The van der Waals surface area contributed by atoms with Crippen LogP contribution in [0.5, 0.6) is 0 Å². The lowest BCUT2D eigenvalue weighted by atomic mass is 10.0. The van der Waals surface area contributed by atoms with E-state index < -0.39 is 10.7 Å². The van der Waals surface area contributed by atoms with E-state index in [1.165, 1.54) is 26.4 Å². The predicted molar refractivity (Wildman–Crippen MR) is 58.9 cm³/mol. The van der Waals surface area contributed by atoms with Gasteiger partial charge in [0.25, 0.3) is 5.69 Å². The molecule has 0 radical (unpaired) electrons. The summed E-state index contributed by atoms with van der Waals surface area (Å²) in [5.41, 5.74) is 6.10. The summed E-state index contributed by atoms with van der Waals surface area (Å²) in [5.74, 6) is -1.23. The van der Waals surface area contributed by atoms with Crippen molar-refractivity contribution in [3.63, 3.8) is 0 Å². The first kappa shape index (κ1) is 12.4. The summed E-state index contributed by atoms with van der Waals surface area (Å²) >= 11 is 0. The maximum atomic E-state index is 10.9. The lowest BCUT2D eigenvalue weighted by Crippen LogP contribution is -2.28. The van der Waals surface area contributed by atoms with Gasteiger partial charge in [-0.1, -0.05) is 6.07 Å².